The Kier molecular flexibility index (Phi) is 6.43. The second-order valence-corrected chi connectivity index (χ2v) is 5.18. The number of Topliss-reactive ketones (excluding diaryl/α,β-unsaturated/α-hetero) is 2. The van der Waals surface area contributed by atoms with Crippen molar-refractivity contribution in [2.24, 2.45) is 5.92 Å². The van der Waals surface area contributed by atoms with Crippen molar-refractivity contribution in [2.75, 3.05) is 13.7 Å². The first-order valence-electron chi connectivity index (χ1n) is 6.65. The number of rotatable bonds is 8. The third-order valence-corrected chi connectivity index (χ3v) is 2.86. The highest BCUT2D eigenvalue weighted by Crippen LogP contribution is 2.11. The molecule has 19 heavy (non-hydrogen) atoms. The predicted octanol–water partition coefficient (Wildman–Crippen LogP) is 3.06. The van der Waals surface area contributed by atoms with Crippen molar-refractivity contribution in [3.05, 3.63) is 35.4 Å². The van der Waals surface area contributed by atoms with Crippen LogP contribution in [-0.4, -0.2) is 25.3 Å². The summed E-state index contributed by atoms with van der Waals surface area (Å²) in [4.78, 5) is 23.4. The lowest BCUT2D eigenvalue weighted by molar-refractivity contribution is -0.119. The van der Waals surface area contributed by atoms with E-state index in [1.165, 1.54) is 5.56 Å². The van der Waals surface area contributed by atoms with E-state index in [2.05, 4.69) is 13.8 Å². The Labute approximate surface area is 115 Å². The summed E-state index contributed by atoms with van der Waals surface area (Å²) in [6.45, 7) is 4.69. The molecule has 1 rings (SSSR count). The van der Waals surface area contributed by atoms with Crippen LogP contribution < -0.4 is 0 Å². The molecule has 0 aromatic heterocycles. The lowest BCUT2D eigenvalue weighted by atomic mass is 9.99. The van der Waals surface area contributed by atoms with Gasteiger partial charge < -0.3 is 4.74 Å². The van der Waals surface area contributed by atoms with Crippen molar-refractivity contribution in [3.8, 4) is 0 Å². The van der Waals surface area contributed by atoms with Gasteiger partial charge >= 0.3 is 0 Å². The summed E-state index contributed by atoms with van der Waals surface area (Å²) >= 11 is 0. The van der Waals surface area contributed by atoms with Crippen molar-refractivity contribution >= 4 is 11.6 Å². The molecule has 0 saturated carbocycles. The van der Waals surface area contributed by atoms with Gasteiger partial charge in [0.25, 0.3) is 0 Å². The number of ether oxygens (including phenoxy) is 1. The van der Waals surface area contributed by atoms with E-state index in [0.29, 0.717) is 24.5 Å². The lowest BCUT2D eigenvalue weighted by Gasteiger charge is -2.06. The monoisotopic (exact) mass is 262 g/mol. The third-order valence-electron chi connectivity index (χ3n) is 2.86. The molecule has 0 bridgehead atoms. The summed E-state index contributed by atoms with van der Waals surface area (Å²) in [5.41, 5.74) is 1.83. The quantitative estimate of drug-likeness (QED) is 0.534. The molecule has 0 aliphatic carbocycles. The van der Waals surface area contributed by atoms with Crippen LogP contribution in [0.4, 0.5) is 0 Å². The summed E-state index contributed by atoms with van der Waals surface area (Å²) in [6, 6.07) is 7.55. The molecule has 3 nitrogen and oxygen atoms in total. The Bertz CT molecular complexity index is 418. The summed E-state index contributed by atoms with van der Waals surface area (Å²) in [5.74, 6) is 0.410. The van der Waals surface area contributed by atoms with E-state index in [4.69, 9.17) is 4.74 Å². The second-order valence-electron chi connectivity index (χ2n) is 5.18. The van der Waals surface area contributed by atoms with Crippen LogP contribution in [0.5, 0.6) is 0 Å². The standard InChI is InChI=1S/C16H22O3/c1-12(2)10-13-4-6-14(7-5-13)16(18)11-15(17)8-9-19-3/h4-7,12H,8-11H2,1-3H3. The van der Waals surface area contributed by atoms with Gasteiger partial charge in [-0.1, -0.05) is 38.1 Å². The number of ketones is 2. The SMILES string of the molecule is COCCC(=O)CC(=O)c1ccc(CC(C)C)cc1. The zero-order chi connectivity index (χ0) is 14.3. The molecular weight excluding hydrogens is 240 g/mol. The summed E-state index contributed by atoms with van der Waals surface area (Å²) in [5, 5.41) is 0. The molecule has 0 unspecified atom stereocenters. The van der Waals surface area contributed by atoms with E-state index in [9.17, 15) is 9.59 Å². The van der Waals surface area contributed by atoms with Gasteiger partial charge in [-0.25, -0.2) is 0 Å². The molecule has 0 spiro atoms. The lowest BCUT2D eigenvalue weighted by Crippen LogP contribution is -2.10. The Hall–Kier alpha value is -1.48. The van der Waals surface area contributed by atoms with Gasteiger partial charge in [0, 0.05) is 19.1 Å². The van der Waals surface area contributed by atoms with Gasteiger partial charge in [0.2, 0.25) is 0 Å². The average Bonchev–Trinajstić information content (AvgIpc) is 2.36. The molecule has 104 valence electrons. The topological polar surface area (TPSA) is 43.4 Å². The molecule has 0 N–H and O–H groups in total. The molecule has 0 aliphatic heterocycles. The first-order chi connectivity index (χ1) is 9.02. The van der Waals surface area contributed by atoms with E-state index >= 15 is 0 Å². The van der Waals surface area contributed by atoms with Crippen molar-refractivity contribution < 1.29 is 14.3 Å². The van der Waals surface area contributed by atoms with Crippen LogP contribution in [0, 0.1) is 5.92 Å². The van der Waals surface area contributed by atoms with Gasteiger partial charge in [-0.15, -0.1) is 0 Å². The number of benzene rings is 1. The summed E-state index contributed by atoms with van der Waals surface area (Å²) in [6.07, 6.45) is 1.27. The Morgan fingerprint density at radius 3 is 2.32 bits per heavy atom. The smallest absolute Gasteiger partial charge is 0.170 e. The zero-order valence-corrected chi connectivity index (χ0v) is 11.9. The minimum Gasteiger partial charge on any atom is -0.384 e. The highest BCUT2D eigenvalue weighted by Gasteiger charge is 2.11. The fourth-order valence-electron chi connectivity index (χ4n) is 1.88. The number of hydrogen-bond donors (Lipinski definition) is 0. The van der Waals surface area contributed by atoms with Crippen molar-refractivity contribution in [3.63, 3.8) is 0 Å². The normalized spacial score (nSPS) is 10.7. The van der Waals surface area contributed by atoms with Crippen LogP contribution >= 0.6 is 0 Å². The molecule has 1 aromatic rings. The first-order valence-corrected chi connectivity index (χ1v) is 6.65. The van der Waals surface area contributed by atoms with Crippen LogP contribution in [0.2, 0.25) is 0 Å². The number of carbonyl (C=O) groups is 2. The fraction of sp³-hybridized carbons (Fsp3) is 0.500. The van der Waals surface area contributed by atoms with Gasteiger partial charge in [-0.05, 0) is 17.9 Å². The highest BCUT2D eigenvalue weighted by molar-refractivity contribution is 6.07. The predicted molar refractivity (Wildman–Crippen MR) is 75.4 cm³/mol. The maximum atomic E-state index is 11.9. The highest BCUT2D eigenvalue weighted by atomic mass is 16.5. The summed E-state index contributed by atoms with van der Waals surface area (Å²) in [7, 11) is 1.54. The fourth-order valence-corrected chi connectivity index (χ4v) is 1.88. The molecule has 0 radical (unpaired) electrons. The molecule has 3 heteroatoms. The van der Waals surface area contributed by atoms with E-state index in [1.54, 1.807) is 7.11 Å². The molecule has 0 heterocycles. The third kappa shape index (κ3) is 5.79. The largest absolute Gasteiger partial charge is 0.384 e. The maximum absolute atomic E-state index is 11.9. The van der Waals surface area contributed by atoms with Crippen LogP contribution in [0.1, 0.15) is 42.6 Å². The zero-order valence-electron chi connectivity index (χ0n) is 11.9. The van der Waals surface area contributed by atoms with E-state index in [0.717, 1.165) is 6.42 Å². The van der Waals surface area contributed by atoms with Gasteiger partial charge in [-0.2, -0.15) is 0 Å². The van der Waals surface area contributed by atoms with Gasteiger partial charge in [0.05, 0.1) is 13.0 Å². The van der Waals surface area contributed by atoms with Crippen LogP contribution in [0.15, 0.2) is 24.3 Å². The molecule has 0 aliphatic rings. The molecule has 0 fully saturated rings. The number of carbonyl (C=O) groups excluding carboxylic acids is 2. The van der Waals surface area contributed by atoms with Crippen molar-refractivity contribution in [1.82, 2.24) is 0 Å². The molecular formula is C16H22O3. The van der Waals surface area contributed by atoms with Crippen LogP contribution in [0.3, 0.4) is 0 Å². The van der Waals surface area contributed by atoms with Gasteiger partial charge in [-0.3, -0.25) is 9.59 Å². The number of methoxy groups -OCH3 is 1. The van der Waals surface area contributed by atoms with Gasteiger partial charge in [0.15, 0.2) is 5.78 Å². The van der Waals surface area contributed by atoms with Crippen LogP contribution in [-0.2, 0) is 16.0 Å². The van der Waals surface area contributed by atoms with E-state index < -0.39 is 0 Å². The molecule has 0 saturated heterocycles. The minimum absolute atomic E-state index is 0.0348. The second kappa shape index (κ2) is 7.85. The van der Waals surface area contributed by atoms with Gasteiger partial charge in [0.1, 0.15) is 5.78 Å². The average molecular weight is 262 g/mol. The first kappa shape index (κ1) is 15.6. The minimum atomic E-state index is -0.114. The number of hydrogen-bond acceptors (Lipinski definition) is 3. The van der Waals surface area contributed by atoms with Crippen molar-refractivity contribution in [1.29, 1.82) is 0 Å². The van der Waals surface area contributed by atoms with Crippen LogP contribution in [0.25, 0.3) is 0 Å². The molecule has 1 aromatic carbocycles. The van der Waals surface area contributed by atoms with E-state index in [-0.39, 0.29) is 18.0 Å². The maximum Gasteiger partial charge on any atom is 0.170 e. The molecule has 0 amide bonds. The Morgan fingerprint density at radius 2 is 1.79 bits per heavy atom. The Morgan fingerprint density at radius 1 is 1.16 bits per heavy atom. The van der Waals surface area contributed by atoms with E-state index in [1.807, 2.05) is 24.3 Å². The summed E-state index contributed by atoms with van der Waals surface area (Å²) < 4.78 is 4.82. The molecule has 0 atom stereocenters. The van der Waals surface area contributed by atoms with Crippen molar-refractivity contribution in [2.45, 2.75) is 33.1 Å². The Balaban J connectivity index is 2.55.